The highest BCUT2D eigenvalue weighted by atomic mass is 16.6. The zero-order valence-corrected chi connectivity index (χ0v) is 10.7. The van der Waals surface area contributed by atoms with Crippen LogP contribution in [0.25, 0.3) is 0 Å². The SMILES string of the molecule is NC1CCCC2CN(c3ncccc3[N+](=O)[O-])CC12. The zero-order valence-electron chi connectivity index (χ0n) is 10.7. The molecule has 0 spiro atoms. The van der Waals surface area contributed by atoms with Crippen molar-refractivity contribution in [3.8, 4) is 0 Å². The number of pyridine rings is 1. The molecular weight excluding hydrogens is 244 g/mol. The second-order valence-electron chi connectivity index (χ2n) is 5.53. The minimum absolute atomic E-state index is 0.0923. The van der Waals surface area contributed by atoms with E-state index in [1.165, 1.54) is 18.9 Å². The van der Waals surface area contributed by atoms with Crippen LogP contribution in [0.15, 0.2) is 18.3 Å². The molecule has 2 aliphatic rings. The Morgan fingerprint density at radius 1 is 1.42 bits per heavy atom. The van der Waals surface area contributed by atoms with Crippen molar-refractivity contribution in [3.63, 3.8) is 0 Å². The molecule has 2 N–H and O–H groups in total. The van der Waals surface area contributed by atoms with Crippen LogP contribution in [-0.4, -0.2) is 29.0 Å². The van der Waals surface area contributed by atoms with Crippen molar-refractivity contribution in [3.05, 3.63) is 28.4 Å². The first-order valence-corrected chi connectivity index (χ1v) is 6.76. The van der Waals surface area contributed by atoms with Crippen molar-refractivity contribution in [2.24, 2.45) is 17.6 Å². The molecule has 3 unspecified atom stereocenters. The van der Waals surface area contributed by atoms with Gasteiger partial charge in [0.2, 0.25) is 5.82 Å². The number of nitrogens with zero attached hydrogens (tertiary/aromatic N) is 3. The van der Waals surface area contributed by atoms with Gasteiger partial charge in [0.1, 0.15) is 0 Å². The van der Waals surface area contributed by atoms with Gasteiger partial charge in [-0.2, -0.15) is 0 Å². The largest absolute Gasteiger partial charge is 0.350 e. The highest BCUT2D eigenvalue weighted by molar-refractivity contribution is 5.58. The van der Waals surface area contributed by atoms with E-state index in [0.717, 1.165) is 19.5 Å². The molecule has 1 aliphatic carbocycles. The fourth-order valence-electron chi connectivity index (χ4n) is 3.46. The first kappa shape index (κ1) is 12.3. The van der Waals surface area contributed by atoms with Crippen LogP contribution in [0.5, 0.6) is 0 Å². The minimum Gasteiger partial charge on any atom is -0.350 e. The molecule has 3 rings (SSSR count). The topological polar surface area (TPSA) is 85.3 Å². The third-order valence-electron chi connectivity index (χ3n) is 4.42. The molecule has 2 heterocycles. The first-order chi connectivity index (χ1) is 9.16. The van der Waals surface area contributed by atoms with Crippen LogP contribution in [0.3, 0.4) is 0 Å². The second-order valence-corrected chi connectivity index (χ2v) is 5.53. The van der Waals surface area contributed by atoms with Gasteiger partial charge in [0.25, 0.3) is 0 Å². The molecule has 0 radical (unpaired) electrons. The van der Waals surface area contributed by atoms with E-state index < -0.39 is 0 Å². The molecule has 3 atom stereocenters. The van der Waals surface area contributed by atoms with Gasteiger partial charge in [0.15, 0.2) is 0 Å². The Kier molecular flexibility index (Phi) is 3.10. The Morgan fingerprint density at radius 3 is 3.00 bits per heavy atom. The lowest BCUT2D eigenvalue weighted by Crippen LogP contribution is -2.38. The summed E-state index contributed by atoms with van der Waals surface area (Å²) in [6.45, 7) is 1.64. The molecule has 19 heavy (non-hydrogen) atoms. The van der Waals surface area contributed by atoms with Crippen molar-refractivity contribution < 1.29 is 4.92 Å². The van der Waals surface area contributed by atoms with Gasteiger partial charge < -0.3 is 10.6 Å². The van der Waals surface area contributed by atoms with Crippen LogP contribution < -0.4 is 10.6 Å². The van der Waals surface area contributed by atoms with Crippen LogP contribution in [0.4, 0.5) is 11.5 Å². The lowest BCUT2D eigenvalue weighted by Gasteiger charge is -2.29. The molecule has 6 nitrogen and oxygen atoms in total. The van der Waals surface area contributed by atoms with E-state index in [1.54, 1.807) is 12.3 Å². The Labute approximate surface area is 111 Å². The molecule has 1 aliphatic heterocycles. The minimum atomic E-state index is -0.357. The van der Waals surface area contributed by atoms with Crippen molar-refractivity contribution in [1.82, 2.24) is 4.98 Å². The number of hydrogen-bond acceptors (Lipinski definition) is 5. The van der Waals surface area contributed by atoms with Crippen LogP contribution >= 0.6 is 0 Å². The number of nitrogens with two attached hydrogens (primary N) is 1. The van der Waals surface area contributed by atoms with Crippen molar-refractivity contribution in [2.75, 3.05) is 18.0 Å². The van der Waals surface area contributed by atoms with E-state index in [-0.39, 0.29) is 16.7 Å². The first-order valence-electron chi connectivity index (χ1n) is 6.76. The van der Waals surface area contributed by atoms with Gasteiger partial charge in [-0.3, -0.25) is 10.1 Å². The van der Waals surface area contributed by atoms with E-state index in [1.807, 2.05) is 4.90 Å². The Balaban J connectivity index is 1.86. The van der Waals surface area contributed by atoms with Gasteiger partial charge >= 0.3 is 5.69 Å². The van der Waals surface area contributed by atoms with Crippen LogP contribution in [-0.2, 0) is 0 Å². The molecule has 1 saturated heterocycles. The zero-order chi connectivity index (χ0) is 13.4. The summed E-state index contributed by atoms with van der Waals surface area (Å²) in [4.78, 5) is 17.0. The van der Waals surface area contributed by atoms with E-state index in [4.69, 9.17) is 5.73 Å². The van der Waals surface area contributed by atoms with Crippen molar-refractivity contribution in [2.45, 2.75) is 25.3 Å². The summed E-state index contributed by atoms with van der Waals surface area (Å²) in [5, 5.41) is 11.1. The summed E-state index contributed by atoms with van der Waals surface area (Å²) in [7, 11) is 0. The summed E-state index contributed by atoms with van der Waals surface area (Å²) in [6.07, 6.45) is 5.03. The molecule has 2 fully saturated rings. The van der Waals surface area contributed by atoms with Crippen molar-refractivity contribution >= 4 is 11.5 Å². The monoisotopic (exact) mass is 262 g/mol. The molecule has 1 saturated carbocycles. The normalized spacial score (nSPS) is 30.2. The average Bonchev–Trinajstić information content (AvgIpc) is 2.84. The number of nitro groups is 1. The molecule has 1 aromatic heterocycles. The summed E-state index contributed by atoms with van der Waals surface area (Å²) >= 11 is 0. The van der Waals surface area contributed by atoms with E-state index in [9.17, 15) is 10.1 Å². The number of aromatic nitrogens is 1. The van der Waals surface area contributed by atoms with Gasteiger partial charge in [-0.15, -0.1) is 0 Å². The van der Waals surface area contributed by atoms with E-state index in [0.29, 0.717) is 17.7 Å². The molecule has 1 aromatic rings. The lowest BCUT2D eigenvalue weighted by molar-refractivity contribution is -0.384. The number of fused-ring (bicyclic) bond motifs is 1. The molecule has 0 bridgehead atoms. The maximum Gasteiger partial charge on any atom is 0.311 e. The number of hydrogen-bond donors (Lipinski definition) is 1. The highest BCUT2D eigenvalue weighted by Crippen LogP contribution is 2.39. The fraction of sp³-hybridized carbons (Fsp3) is 0.615. The highest BCUT2D eigenvalue weighted by Gasteiger charge is 2.40. The smallest absolute Gasteiger partial charge is 0.311 e. The third kappa shape index (κ3) is 2.16. The van der Waals surface area contributed by atoms with Crippen LogP contribution in [0, 0.1) is 22.0 Å². The van der Waals surface area contributed by atoms with Crippen molar-refractivity contribution in [1.29, 1.82) is 0 Å². The Bertz CT molecular complexity index is 493. The predicted octanol–water partition coefficient (Wildman–Crippen LogP) is 1.55. The van der Waals surface area contributed by atoms with Gasteiger partial charge in [-0.25, -0.2) is 4.98 Å². The number of anilines is 1. The number of rotatable bonds is 2. The third-order valence-corrected chi connectivity index (χ3v) is 4.42. The lowest BCUT2D eigenvalue weighted by atomic mass is 9.78. The Morgan fingerprint density at radius 2 is 2.26 bits per heavy atom. The summed E-state index contributed by atoms with van der Waals surface area (Å²) in [5.41, 5.74) is 6.27. The summed E-state index contributed by atoms with van der Waals surface area (Å²) in [5.74, 6) is 1.51. The van der Waals surface area contributed by atoms with Gasteiger partial charge in [0.05, 0.1) is 4.92 Å². The van der Waals surface area contributed by atoms with Gasteiger partial charge in [0, 0.05) is 31.4 Å². The quantitative estimate of drug-likeness (QED) is 0.645. The Hall–Kier alpha value is -1.69. The van der Waals surface area contributed by atoms with E-state index >= 15 is 0 Å². The molecule has 0 aromatic carbocycles. The maximum absolute atomic E-state index is 11.1. The standard InChI is InChI=1S/C13H18N4O2/c14-11-4-1-3-9-7-16(8-10(9)11)13-12(17(18)19)5-2-6-15-13/h2,5-6,9-11H,1,3-4,7-8,14H2. The molecule has 102 valence electrons. The van der Waals surface area contributed by atoms with Gasteiger partial charge in [-0.05, 0) is 30.7 Å². The molecular formula is C13H18N4O2. The summed E-state index contributed by atoms with van der Waals surface area (Å²) in [6, 6.07) is 3.35. The van der Waals surface area contributed by atoms with Crippen LogP contribution in [0.2, 0.25) is 0 Å². The second kappa shape index (κ2) is 4.77. The average molecular weight is 262 g/mol. The molecule has 0 amide bonds. The molecule has 6 heteroatoms. The van der Waals surface area contributed by atoms with Crippen LogP contribution in [0.1, 0.15) is 19.3 Å². The van der Waals surface area contributed by atoms with Gasteiger partial charge in [-0.1, -0.05) is 6.42 Å². The predicted molar refractivity (Wildman–Crippen MR) is 71.9 cm³/mol. The summed E-state index contributed by atoms with van der Waals surface area (Å²) < 4.78 is 0. The maximum atomic E-state index is 11.1. The fourth-order valence-corrected chi connectivity index (χ4v) is 3.46. The van der Waals surface area contributed by atoms with E-state index in [2.05, 4.69) is 4.98 Å².